The number of aliphatic imine (C=N–C) groups is 2. The maximum absolute atomic E-state index is 14.2. The van der Waals surface area contributed by atoms with Crippen LogP contribution >= 0.6 is 23.5 Å². The summed E-state index contributed by atoms with van der Waals surface area (Å²) in [5.74, 6) is -0.370. The van der Waals surface area contributed by atoms with Crippen molar-refractivity contribution in [3.63, 3.8) is 0 Å². The number of hydrogen-bond donors (Lipinski definition) is 2. The van der Waals surface area contributed by atoms with E-state index in [4.69, 9.17) is 14.5 Å². The lowest BCUT2D eigenvalue weighted by Gasteiger charge is -2.22. The van der Waals surface area contributed by atoms with E-state index in [0.29, 0.717) is 38.6 Å². The largest absolute Gasteiger partial charge is 0.444 e. The molecule has 2 aliphatic heterocycles. The van der Waals surface area contributed by atoms with Crippen LogP contribution in [0.2, 0.25) is 0 Å². The minimum atomic E-state index is -0.802. The molecule has 0 aromatic heterocycles. The van der Waals surface area contributed by atoms with Crippen LogP contribution in [-0.4, -0.2) is 52.4 Å². The summed E-state index contributed by atoms with van der Waals surface area (Å²) in [6.45, 7) is 12.6. The molecule has 0 atom stereocenters. The average molecular weight is 726 g/mol. The highest BCUT2D eigenvalue weighted by Gasteiger charge is 2.39. The quantitative estimate of drug-likeness (QED) is 0.155. The number of nitrogens with one attached hydrogen (secondary N) is 2. The van der Waals surface area contributed by atoms with Crippen molar-refractivity contribution in [2.24, 2.45) is 9.98 Å². The molecule has 264 valence electrons. The van der Waals surface area contributed by atoms with E-state index < -0.39 is 23.4 Å². The first-order chi connectivity index (χ1) is 24.0. The van der Waals surface area contributed by atoms with Crippen molar-refractivity contribution >= 4 is 69.8 Å². The lowest BCUT2D eigenvalue weighted by atomic mass is 10.1. The van der Waals surface area contributed by atoms with Gasteiger partial charge in [-0.3, -0.25) is 20.3 Å². The number of benzene rings is 3. The van der Waals surface area contributed by atoms with Gasteiger partial charge in [0.15, 0.2) is 5.17 Å². The third-order valence-electron chi connectivity index (χ3n) is 7.09. The van der Waals surface area contributed by atoms with Crippen molar-refractivity contribution < 1.29 is 23.9 Å². The summed E-state index contributed by atoms with van der Waals surface area (Å²) in [4.78, 5) is 53.7. The summed E-state index contributed by atoms with van der Waals surface area (Å²) in [7, 11) is 1.88. The van der Waals surface area contributed by atoms with E-state index in [1.807, 2.05) is 61.3 Å². The van der Waals surface area contributed by atoms with Crippen LogP contribution in [0.3, 0.4) is 0 Å². The van der Waals surface area contributed by atoms with Crippen molar-refractivity contribution in [1.82, 2.24) is 15.5 Å². The number of amidine groups is 1. The van der Waals surface area contributed by atoms with Gasteiger partial charge in [0.1, 0.15) is 16.1 Å². The second kappa shape index (κ2) is 14.9. The van der Waals surface area contributed by atoms with Crippen molar-refractivity contribution in [3.05, 3.63) is 93.4 Å². The fourth-order valence-corrected chi connectivity index (χ4v) is 7.22. The van der Waals surface area contributed by atoms with Crippen LogP contribution in [-0.2, 0) is 20.8 Å². The topological polar surface area (TPSA) is 149 Å². The zero-order chi connectivity index (χ0) is 37.1. The number of carbonyl (C=O) groups is 3. The number of amides is 3. The lowest BCUT2D eigenvalue weighted by molar-refractivity contribution is -0.122. The molecule has 51 heavy (non-hydrogen) atoms. The molecule has 3 aromatic carbocycles. The Morgan fingerprint density at radius 2 is 1.55 bits per heavy atom. The Morgan fingerprint density at radius 1 is 0.902 bits per heavy atom. The van der Waals surface area contributed by atoms with E-state index in [9.17, 15) is 19.6 Å². The predicted octanol–water partition coefficient (Wildman–Crippen LogP) is 8.08. The van der Waals surface area contributed by atoms with E-state index >= 15 is 0 Å². The summed E-state index contributed by atoms with van der Waals surface area (Å²) >= 11 is 2.68. The number of thioether (sulfide) groups is 2. The first-order valence-corrected chi connectivity index (χ1v) is 17.6. The average Bonchev–Trinajstić information content (AvgIpc) is 3.51. The fraction of sp³-hybridized carbons (Fsp3) is 0.297. The molecule has 2 heterocycles. The van der Waals surface area contributed by atoms with Gasteiger partial charge < -0.3 is 14.4 Å². The maximum Gasteiger partial charge on any atom is 0.414 e. The molecule has 1 saturated heterocycles. The molecule has 0 spiro atoms. The fourth-order valence-electron chi connectivity index (χ4n) is 4.85. The van der Waals surface area contributed by atoms with Crippen LogP contribution < -0.4 is 15.5 Å². The number of alkyl carbamates (subject to hydrolysis) is 2. The SMILES string of the molecule is Cc1ccc(C#N)cc1N=C1S/C(=C2\Sc3cc(N=C(NC(=O)OC(C)(C)C)NC(=O)OC(C)(C)C)ccc3N2C)C(=O)N1Cc1ccccc1. The van der Waals surface area contributed by atoms with Crippen molar-refractivity contribution in [1.29, 1.82) is 5.26 Å². The van der Waals surface area contributed by atoms with E-state index in [-0.39, 0.29) is 11.9 Å². The predicted molar refractivity (Wildman–Crippen MR) is 201 cm³/mol. The zero-order valence-corrected chi connectivity index (χ0v) is 31.3. The number of hydrogen-bond acceptors (Lipinski definition) is 11. The number of rotatable bonds is 4. The van der Waals surface area contributed by atoms with Gasteiger partial charge in [0.05, 0.1) is 40.3 Å². The lowest BCUT2D eigenvalue weighted by Crippen LogP contribution is -2.47. The van der Waals surface area contributed by atoms with Gasteiger partial charge in [0.2, 0.25) is 5.96 Å². The molecule has 2 aliphatic rings. The molecule has 14 heteroatoms. The number of aryl methyl sites for hydroxylation is 1. The van der Waals surface area contributed by atoms with Gasteiger partial charge in [-0.25, -0.2) is 19.6 Å². The Hall–Kier alpha value is -5.26. The third-order valence-corrected chi connectivity index (χ3v) is 9.51. The van der Waals surface area contributed by atoms with Gasteiger partial charge in [-0.2, -0.15) is 5.26 Å². The highest BCUT2D eigenvalue weighted by atomic mass is 32.2. The van der Waals surface area contributed by atoms with Crippen LogP contribution in [0.4, 0.5) is 26.7 Å². The molecule has 5 rings (SSSR count). The van der Waals surface area contributed by atoms with Gasteiger partial charge in [-0.1, -0.05) is 48.2 Å². The molecule has 3 aromatic rings. The number of ether oxygens (including phenoxy) is 2. The highest BCUT2D eigenvalue weighted by Crippen LogP contribution is 2.51. The van der Waals surface area contributed by atoms with Crippen molar-refractivity contribution in [2.45, 2.75) is 71.1 Å². The normalized spacial score (nSPS) is 16.5. The van der Waals surface area contributed by atoms with E-state index in [2.05, 4.69) is 21.7 Å². The van der Waals surface area contributed by atoms with Crippen LogP contribution in [0.5, 0.6) is 0 Å². The third kappa shape index (κ3) is 9.50. The first kappa shape index (κ1) is 37.0. The molecule has 2 N–H and O–H groups in total. The number of anilines is 1. The molecular formula is C37H39N7O5S2. The zero-order valence-electron chi connectivity index (χ0n) is 29.7. The Balaban J connectivity index is 1.48. The smallest absolute Gasteiger partial charge is 0.414 e. The maximum atomic E-state index is 14.2. The monoisotopic (exact) mass is 725 g/mol. The first-order valence-electron chi connectivity index (χ1n) is 16.0. The van der Waals surface area contributed by atoms with Crippen molar-refractivity contribution in [2.75, 3.05) is 11.9 Å². The Labute approximate surface area is 306 Å². The van der Waals surface area contributed by atoms with Crippen LogP contribution in [0, 0.1) is 18.3 Å². The Kier molecular flexibility index (Phi) is 10.8. The van der Waals surface area contributed by atoms with Crippen LogP contribution in [0.15, 0.2) is 91.5 Å². The molecule has 0 radical (unpaired) electrons. The minimum Gasteiger partial charge on any atom is -0.444 e. The van der Waals surface area contributed by atoms with E-state index in [1.54, 1.807) is 70.7 Å². The summed E-state index contributed by atoms with van der Waals surface area (Å²) < 4.78 is 10.7. The molecule has 0 aliphatic carbocycles. The Bertz CT molecular complexity index is 1980. The number of nitriles is 1. The van der Waals surface area contributed by atoms with Gasteiger partial charge in [-0.05, 0) is 102 Å². The number of carbonyl (C=O) groups excluding carboxylic acids is 3. The molecule has 0 saturated carbocycles. The summed E-state index contributed by atoms with van der Waals surface area (Å²) in [6, 6.07) is 22.5. The van der Waals surface area contributed by atoms with Crippen molar-refractivity contribution in [3.8, 4) is 6.07 Å². The van der Waals surface area contributed by atoms with Crippen LogP contribution in [0.25, 0.3) is 0 Å². The highest BCUT2D eigenvalue weighted by molar-refractivity contribution is 8.19. The molecule has 0 unspecified atom stereocenters. The van der Waals surface area contributed by atoms with E-state index in [0.717, 1.165) is 21.7 Å². The summed E-state index contributed by atoms with van der Waals surface area (Å²) in [5, 5.41) is 15.7. The summed E-state index contributed by atoms with van der Waals surface area (Å²) in [6.07, 6.45) is -1.60. The van der Waals surface area contributed by atoms with Gasteiger partial charge in [0, 0.05) is 11.9 Å². The molecule has 12 nitrogen and oxygen atoms in total. The van der Waals surface area contributed by atoms with E-state index in [1.165, 1.54) is 23.5 Å². The second-order valence-electron chi connectivity index (χ2n) is 13.6. The molecule has 3 amide bonds. The molecular weight excluding hydrogens is 687 g/mol. The summed E-state index contributed by atoms with van der Waals surface area (Å²) in [5.41, 5.74) is 2.62. The van der Waals surface area contributed by atoms with Gasteiger partial charge in [0.25, 0.3) is 5.91 Å². The number of fused-ring (bicyclic) bond motifs is 1. The Morgan fingerprint density at radius 3 is 2.16 bits per heavy atom. The van der Waals surface area contributed by atoms with Crippen LogP contribution in [0.1, 0.15) is 58.2 Å². The number of nitrogens with zero attached hydrogens (tertiary/aromatic N) is 5. The minimum absolute atomic E-state index is 0.178. The van der Waals surface area contributed by atoms with Gasteiger partial charge in [-0.15, -0.1) is 0 Å². The molecule has 1 fully saturated rings. The number of guanidine groups is 1. The van der Waals surface area contributed by atoms with Gasteiger partial charge >= 0.3 is 12.2 Å². The molecule has 0 bridgehead atoms. The standard InChI is InChI=1S/C37H39N7O5S2/c1-22-14-15-24(20-38)18-26(22)40-33-44(21-23-12-10-9-11-13-23)30(45)29(51-33)31-43(8)27-17-16-25(19-28(27)50-31)39-32(41-34(46)48-36(2,3)4)42-35(47)49-37(5,6)7/h9-19H,21H2,1-8H3,(H2,39,41,42,46,47)/b31-29-,40-33?. The second-order valence-corrected chi connectivity index (χ2v) is 15.7.